The minimum Gasteiger partial charge on any atom is -0.378 e. The van der Waals surface area contributed by atoms with Crippen molar-refractivity contribution in [2.24, 2.45) is 0 Å². The highest BCUT2D eigenvalue weighted by atomic mass is 35.5. The van der Waals surface area contributed by atoms with Gasteiger partial charge in [0.15, 0.2) is 5.82 Å². The second kappa shape index (κ2) is 6.82. The maximum atomic E-state index is 6.55. The minimum atomic E-state index is 0.703. The van der Waals surface area contributed by atoms with Gasteiger partial charge in [0.1, 0.15) is 5.52 Å². The summed E-state index contributed by atoms with van der Waals surface area (Å²) in [6.45, 7) is 3.17. The quantitative estimate of drug-likeness (QED) is 0.778. The van der Waals surface area contributed by atoms with Crippen LogP contribution in [-0.2, 0) is 4.74 Å². The maximum Gasteiger partial charge on any atom is 0.154 e. The molecule has 6 nitrogen and oxygen atoms in total. The molecule has 128 valence electrons. The van der Waals surface area contributed by atoms with Crippen LogP contribution >= 0.6 is 11.6 Å². The number of ether oxygens (including phenoxy) is 1. The van der Waals surface area contributed by atoms with Crippen LogP contribution < -0.4 is 10.2 Å². The Morgan fingerprint density at radius 3 is 2.68 bits per heavy atom. The molecular formula is C18H18ClN5O. The summed E-state index contributed by atoms with van der Waals surface area (Å²) in [6, 6.07) is 7.98. The smallest absolute Gasteiger partial charge is 0.154 e. The van der Waals surface area contributed by atoms with Crippen molar-refractivity contribution in [1.82, 2.24) is 15.0 Å². The van der Waals surface area contributed by atoms with Gasteiger partial charge in [-0.3, -0.25) is 4.98 Å². The van der Waals surface area contributed by atoms with Crippen molar-refractivity contribution in [3.05, 3.63) is 41.7 Å². The van der Waals surface area contributed by atoms with Crippen LogP contribution in [0, 0.1) is 0 Å². The fourth-order valence-corrected chi connectivity index (χ4v) is 3.32. The van der Waals surface area contributed by atoms with E-state index in [0.717, 1.165) is 54.3 Å². The van der Waals surface area contributed by atoms with Crippen LogP contribution in [0.25, 0.3) is 22.3 Å². The summed E-state index contributed by atoms with van der Waals surface area (Å²) >= 11 is 6.55. The highest BCUT2D eigenvalue weighted by Gasteiger charge is 2.16. The number of halogens is 1. The van der Waals surface area contributed by atoms with Crippen molar-refractivity contribution < 1.29 is 4.74 Å². The van der Waals surface area contributed by atoms with Crippen molar-refractivity contribution in [2.75, 3.05) is 43.6 Å². The van der Waals surface area contributed by atoms with Crippen LogP contribution in [0.5, 0.6) is 0 Å². The van der Waals surface area contributed by atoms with Gasteiger partial charge in [0.05, 0.1) is 35.1 Å². The van der Waals surface area contributed by atoms with Crippen LogP contribution in [0.1, 0.15) is 0 Å². The molecule has 4 rings (SSSR count). The number of hydrogen-bond acceptors (Lipinski definition) is 6. The third kappa shape index (κ3) is 3.10. The molecule has 1 fully saturated rings. The molecule has 1 saturated heterocycles. The zero-order valence-corrected chi connectivity index (χ0v) is 14.6. The van der Waals surface area contributed by atoms with Gasteiger partial charge in [0, 0.05) is 38.1 Å². The highest BCUT2D eigenvalue weighted by Crippen LogP contribution is 2.32. The number of nitrogens with zero attached hydrogens (tertiary/aromatic N) is 4. The Hall–Kier alpha value is -2.44. The predicted molar refractivity (Wildman–Crippen MR) is 100 cm³/mol. The standard InChI is InChI=1S/C18H18ClN5O/c1-20-18-17-15(21-4-5-22-17)11-14(23-18)12-2-3-16(13(19)10-12)24-6-8-25-9-7-24/h2-5,10-11H,6-9H2,1H3,(H,20,23). The number of fused-ring (bicyclic) bond motifs is 1. The second-order valence-electron chi connectivity index (χ2n) is 5.80. The van der Waals surface area contributed by atoms with Crippen LogP contribution in [0.15, 0.2) is 36.7 Å². The molecule has 2 aromatic heterocycles. The Morgan fingerprint density at radius 1 is 1.12 bits per heavy atom. The van der Waals surface area contributed by atoms with Crippen molar-refractivity contribution in [1.29, 1.82) is 0 Å². The Labute approximate surface area is 150 Å². The normalized spacial score (nSPS) is 14.7. The molecule has 1 aromatic carbocycles. The first kappa shape index (κ1) is 16.1. The molecule has 1 N–H and O–H groups in total. The molecule has 0 unspecified atom stereocenters. The molecule has 0 amide bonds. The summed E-state index contributed by atoms with van der Waals surface area (Å²) in [7, 11) is 1.83. The topological polar surface area (TPSA) is 63.2 Å². The van der Waals surface area contributed by atoms with E-state index in [1.54, 1.807) is 12.4 Å². The van der Waals surface area contributed by atoms with Crippen LogP contribution in [-0.4, -0.2) is 48.3 Å². The first-order valence-electron chi connectivity index (χ1n) is 8.18. The van der Waals surface area contributed by atoms with Gasteiger partial charge in [-0.1, -0.05) is 17.7 Å². The van der Waals surface area contributed by atoms with Gasteiger partial charge >= 0.3 is 0 Å². The molecule has 0 atom stereocenters. The number of rotatable bonds is 3. The number of nitrogens with one attached hydrogen (secondary N) is 1. The Balaban J connectivity index is 1.74. The average Bonchev–Trinajstić information content (AvgIpc) is 2.67. The number of aromatic nitrogens is 3. The lowest BCUT2D eigenvalue weighted by Crippen LogP contribution is -2.36. The second-order valence-corrected chi connectivity index (χ2v) is 6.20. The monoisotopic (exact) mass is 355 g/mol. The SMILES string of the molecule is CNc1nc(-c2ccc(N3CCOCC3)c(Cl)c2)cc2nccnc12. The highest BCUT2D eigenvalue weighted by molar-refractivity contribution is 6.33. The van der Waals surface area contributed by atoms with E-state index in [-0.39, 0.29) is 0 Å². The number of anilines is 2. The van der Waals surface area contributed by atoms with Gasteiger partial charge in [-0.15, -0.1) is 0 Å². The van der Waals surface area contributed by atoms with E-state index in [1.165, 1.54) is 0 Å². The Morgan fingerprint density at radius 2 is 1.92 bits per heavy atom. The largest absolute Gasteiger partial charge is 0.378 e. The number of pyridine rings is 1. The number of hydrogen-bond donors (Lipinski definition) is 1. The average molecular weight is 356 g/mol. The molecule has 0 aliphatic carbocycles. The van der Waals surface area contributed by atoms with Crippen LogP contribution in [0.4, 0.5) is 11.5 Å². The summed E-state index contributed by atoms with van der Waals surface area (Å²) in [5.41, 5.74) is 4.34. The molecule has 0 bridgehead atoms. The van der Waals surface area contributed by atoms with Gasteiger partial charge in [0.25, 0.3) is 0 Å². The van der Waals surface area contributed by atoms with Gasteiger partial charge in [-0.05, 0) is 18.2 Å². The fourth-order valence-electron chi connectivity index (χ4n) is 3.02. The first-order valence-corrected chi connectivity index (χ1v) is 8.56. The van der Waals surface area contributed by atoms with Gasteiger partial charge in [-0.25, -0.2) is 9.97 Å². The van der Waals surface area contributed by atoms with Crippen molar-refractivity contribution in [2.45, 2.75) is 0 Å². The lowest BCUT2D eigenvalue weighted by atomic mass is 10.1. The summed E-state index contributed by atoms with van der Waals surface area (Å²) in [6.07, 6.45) is 3.35. The summed E-state index contributed by atoms with van der Waals surface area (Å²) in [5, 5.41) is 3.80. The lowest BCUT2D eigenvalue weighted by Gasteiger charge is -2.29. The zero-order chi connectivity index (χ0) is 17.2. The molecular weight excluding hydrogens is 338 g/mol. The molecule has 0 saturated carbocycles. The summed E-state index contributed by atoms with van der Waals surface area (Å²) in [4.78, 5) is 15.7. The third-order valence-electron chi connectivity index (χ3n) is 4.29. The third-order valence-corrected chi connectivity index (χ3v) is 4.59. The number of benzene rings is 1. The molecule has 7 heteroatoms. The number of morpholine rings is 1. The van der Waals surface area contributed by atoms with Crippen LogP contribution in [0.2, 0.25) is 5.02 Å². The van der Waals surface area contributed by atoms with Crippen molar-refractivity contribution in [3.8, 4) is 11.3 Å². The van der Waals surface area contributed by atoms with E-state index < -0.39 is 0 Å². The minimum absolute atomic E-state index is 0.703. The Kier molecular flexibility index (Phi) is 4.38. The molecule has 3 heterocycles. The van der Waals surface area contributed by atoms with E-state index in [4.69, 9.17) is 16.3 Å². The molecule has 3 aromatic rings. The summed E-state index contributed by atoms with van der Waals surface area (Å²) in [5.74, 6) is 0.703. The van der Waals surface area contributed by atoms with Crippen LogP contribution in [0.3, 0.4) is 0 Å². The van der Waals surface area contributed by atoms with Crippen molar-refractivity contribution >= 4 is 34.1 Å². The maximum absolute atomic E-state index is 6.55. The predicted octanol–water partition coefficient (Wildman–Crippen LogP) is 3.22. The van der Waals surface area contributed by atoms with Gasteiger partial charge in [-0.2, -0.15) is 0 Å². The van der Waals surface area contributed by atoms with E-state index in [2.05, 4.69) is 25.2 Å². The summed E-state index contributed by atoms with van der Waals surface area (Å²) < 4.78 is 5.41. The van der Waals surface area contributed by atoms with Crippen molar-refractivity contribution in [3.63, 3.8) is 0 Å². The fraction of sp³-hybridized carbons (Fsp3) is 0.278. The first-order chi connectivity index (χ1) is 12.3. The van der Waals surface area contributed by atoms with E-state index in [0.29, 0.717) is 10.8 Å². The van der Waals surface area contributed by atoms with Gasteiger partial charge in [0.2, 0.25) is 0 Å². The van der Waals surface area contributed by atoms with E-state index in [1.807, 2.05) is 31.3 Å². The lowest BCUT2D eigenvalue weighted by molar-refractivity contribution is 0.122. The molecule has 1 aliphatic heterocycles. The molecule has 1 aliphatic rings. The molecule has 0 spiro atoms. The zero-order valence-electron chi connectivity index (χ0n) is 13.9. The van der Waals surface area contributed by atoms with E-state index >= 15 is 0 Å². The Bertz CT molecular complexity index is 911. The van der Waals surface area contributed by atoms with E-state index in [9.17, 15) is 0 Å². The van der Waals surface area contributed by atoms with Gasteiger partial charge < -0.3 is 15.0 Å². The molecule has 25 heavy (non-hydrogen) atoms. The molecule has 0 radical (unpaired) electrons.